The van der Waals surface area contributed by atoms with E-state index in [1.165, 1.54) is 50.0 Å². The van der Waals surface area contributed by atoms with Gasteiger partial charge in [0.15, 0.2) is 0 Å². The van der Waals surface area contributed by atoms with Gasteiger partial charge in [-0.2, -0.15) is 0 Å². The zero-order chi connectivity index (χ0) is 23.1. The molecule has 172 valence electrons. The summed E-state index contributed by atoms with van der Waals surface area (Å²) in [4.78, 5) is 23.5. The minimum atomic E-state index is -1.82. The Morgan fingerprint density at radius 1 is 1.03 bits per heavy atom. The SMILES string of the molecule is COc1ccc(Br)cc1CN1CCC(N2CCc3ccccc3C2)CC1.O=C(O)C(=O)O. The highest BCUT2D eigenvalue weighted by molar-refractivity contribution is 9.10. The molecule has 0 radical (unpaired) electrons. The second kappa shape index (κ2) is 11.4. The van der Waals surface area contributed by atoms with Gasteiger partial charge in [0.2, 0.25) is 0 Å². The van der Waals surface area contributed by atoms with E-state index < -0.39 is 11.9 Å². The number of hydrogen-bond donors (Lipinski definition) is 2. The summed E-state index contributed by atoms with van der Waals surface area (Å²) >= 11 is 3.58. The Labute approximate surface area is 196 Å². The summed E-state index contributed by atoms with van der Waals surface area (Å²) in [6, 6.07) is 16.0. The van der Waals surface area contributed by atoms with Crippen molar-refractivity contribution in [3.63, 3.8) is 0 Å². The number of hydrogen-bond acceptors (Lipinski definition) is 5. The van der Waals surface area contributed by atoms with Gasteiger partial charge in [-0.25, -0.2) is 9.59 Å². The third-order valence-corrected chi connectivity index (χ3v) is 6.55. The number of halogens is 1. The summed E-state index contributed by atoms with van der Waals surface area (Å²) in [7, 11) is 1.76. The van der Waals surface area contributed by atoms with Crippen LogP contribution in [-0.2, 0) is 29.1 Å². The number of nitrogens with zero attached hydrogens (tertiary/aromatic N) is 2. The maximum Gasteiger partial charge on any atom is 0.414 e. The smallest absolute Gasteiger partial charge is 0.414 e. The van der Waals surface area contributed by atoms with E-state index in [4.69, 9.17) is 24.5 Å². The van der Waals surface area contributed by atoms with E-state index in [1.54, 1.807) is 12.7 Å². The van der Waals surface area contributed by atoms with Crippen molar-refractivity contribution in [3.8, 4) is 5.75 Å². The van der Waals surface area contributed by atoms with Crippen LogP contribution in [-0.4, -0.2) is 64.7 Å². The average molecular weight is 505 g/mol. The highest BCUT2D eigenvalue weighted by atomic mass is 79.9. The number of fused-ring (bicyclic) bond motifs is 1. The minimum absolute atomic E-state index is 0.726. The number of rotatable bonds is 4. The van der Waals surface area contributed by atoms with E-state index in [9.17, 15) is 0 Å². The maximum absolute atomic E-state index is 9.10. The Hall–Kier alpha value is -2.42. The van der Waals surface area contributed by atoms with Crippen molar-refractivity contribution < 1.29 is 24.5 Å². The summed E-state index contributed by atoms with van der Waals surface area (Å²) in [5.74, 6) is -2.66. The number of ether oxygens (including phenoxy) is 1. The van der Waals surface area contributed by atoms with Crippen molar-refractivity contribution in [1.29, 1.82) is 0 Å². The van der Waals surface area contributed by atoms with Crippen LogP contribution in [0.4, 0.5) is 0 Å². The summed E-state index contributed by atoms with van der Waals surface area (Å²) in [5, 5.41) is 14.8. The lowest BCUT2D eigenvalue weighted by atomic mass is 9.95. The molecule has 0 aliphatic carbocycles. The van der Waals surface area contributed by atoms with Gasteiger partial charge >= 0.3 is 11.9 Å². The third-order valence-electron chi connectivity index (χ3n) is 6.05. The molecular formula is C24H29BrN2O5. The lowest BCUT2D eigenvalue weighted by molar-refractivity contribution is -0.159. The highest BCUT2D eigenvalue weighted by Gasteiger charge is 2.27. The Bertz CT molecular complexity index is 932. The molecule has 2 heterocycles. The monoisotopic (exact) mass is 504 g/mol. The fourth-order valence-electron chi connectivity index (χ4n) is 4.38. The van der Waals surface area contributed by atoms with Gasteiger partial charge in [0.05, 0.1) is 7.11 Å². The molecule has 0 bridgehead atoms. The summed E-state index contributed by atoms with van der Waals surface area (Å²) in [5.41, 5.74) is 4.34. The predicted octanol–water partition coefficient (Wildman–Crippen LogP) is 3.64. The second-order valence-corrected chi connectivity index (χ2v) is 8.98. The van der Waals surface area contributed by atoms with Crippen LogP contribution in [0.5, 0.6) is 5.75 Å². The molecule has 2 aliphatic heterocycles. The predicted molar refractivity (Wildman–Crippen MR) is 125 cm³/mol. The first-order valence-electron chi connectivity index (χ1n) is 10.7. The van der Waals surface area contributed by atoms with Gasteiger partial charge in [-0.05, 0) is 61.7 Å². The molecule has 7 nitrogen and oxygen atoms in total. The van der Waals surface area contributed by atoms with E-state index in [2.05, 4.69) is 62.1 Å². The average Bonchev–Trinajstić information content (AvgIpc) is 2.80. The van der Waals surface area contributed by atoms with Crippen molar-refractivity contribution in [1.82, 2.24) is 9.80 Å². The van der Waals surface area contributed by atoms with E-state index in [-0.39, 0.29) is 0 Å². The zero-order valence-corrected chi connectivity index (χ0v) is 19.8. The van der Waals surface area contributed by atoms with E-state index in [0.717, 1.165) is 29.4 Å². The first-order valence-corrected chi connectivity index (χ1v) is 11.5. The van der Waals surface area contributed by atoms with Crippen LogP contribution in [0.3, 0.4) is 0 Å². The summed E-state index contributed by atoms with van der Waals surface area (Å²) in [6.07, 6.45) is 3.72. The highest BCUT2D eigenvalue weighted by Crippen LogP contribution is 2.28. The van der Waals surface area contributed by atoms with Gasteiger partial charge in [0.25, 0.3) is 0 Å². The Balaban J connectivity index is 0.000000427. The fraction of sp³-hybridized carbons (Fsp3) is 0.417. The van der Waals surface area contributed by atoms with Crippen LogP contribution in [0.1, 0.15) is 29.5 Å². The summed E-state index contributed by atoms with van der Waals surface area (Å²) < 4.78 is 6.66. The zero-order valence-electron chi connectivity index (χ0n) is 18.2. The molecule has 32 heavy (non-hydrogen) atoms. The van der Waals surface area contributed by atoms with Crippen LogP contribution in [0, 0.1) is 0 Å². The Morgan fingerprint density at radius 2 is 1.69 bits per heavy atom. The molecule has 0 spiro atoms. The quantitative estimate of drug-likeness (QED) is 0.614. The molecule has 0 amide bonds. The molecule has 2 aromatic rings. The molecule has 4 rings (SSSR count). The number of piperidine rings is 1. The third kappa shape index (κ3) is 6.54. The molecule has 0 atom stereocenters. The lowest BCUT2D eigenvalue weighted by Gasteiger charge is -2.40. The molecule has 2 aromatic carbocycles. The number of methoxy groups -OCH3 is 1. The van der Waals surface area contributed by atoms with Crippen molar-refractivity contribution in [2.24, 2.45) is 0 Å². The van der Waals surface area contributed by atoms with E-state index in [0.29, 0.717) is 0 Å². The van der Waals surface area contributed by atoms with Crippen molar-refractivity contribution >= 4 is 27.9 Å². The largest absolute Gasteiger partial charge is 0.496 e. The number of carboxylic acids is 2. The van der Waals surface area contributed by atoms with Crippen LogP contribution < -0.4 is 4.74 Å². The van der Waals surface area contributed by atoms with Crippen LogP contribution in [0.15, 0.2) is 46.9 Å². The topological polar surface area (TPSA) is 90.3 Å². The van der Waals surface area contributed by atoms with Gasteiger partial charge in [0.1, 0.15) is 5.75 Å². The van der Waals surface area contributed by atoms with Crippen LogP contribution in [0.25, 0.3) is 0 Å². The molecule has 2 aliphatic rings. The number of carboxylic acid groups (broad SMARTS) is 2. The molecule has 0 aromatic heterocycles. The molecule has 0 saturated carbocycles. The first-order chi connectivity index (χ1) is 15.4. The van der Waals surface area contributed by atoms with E-state index in [1.807, 2.05) is 6.07 Å². The number of likely N-dealkylation sites (tertiary alicyclic amines) is 1. The maximum atomic E-state index is 9.10. The molecule has 1 fully saturated rings. The second-order valence-electron chi connectivity index (χ2n) is 8.06. The van der Waals surface area contributed by atoms with Crippen molar-refractivity contribution in [2.75, 3.05) is 26.7 Å². The van der Waals surface area contributed by atoms with Gasteiger partial charge in [-0.1, -0.05) is 40.2 Å². The van der Waals surface area contributed by atoms with Gasteiger partial charge < -0.3 is 14.9 Å². The minimum Gasteiger partial charge on any atom is -0.496 e. The summed E-state index contributed by atoms with van der Waals surface area (Å²) in [6.45, 7) is 5.64. The Morgan fingerprint density at radius 3 is 2.31 bits per heavy atom. The standard InChI is InChI=1S/C22H27BrN2O.C2H2O4/c1-26-22-7-6-20(23)14-19(22)15-24-11-9-21(10-12-24)25-13-8-17-4-2-3-5-18(17)16-25;3-1(4)2(5)6/h2-7,14,21H,8-13,15-16H2,1H3;(H,3,4)(H,5,6). The van der Waals surface area contributed by atoms with Crippen molar-refractivity contribution in [3.05, 3.63) is 63.6 Å². The molecule has 0 unspecified atom stereocenters. The normalized spacial score (nSPS) is 17.1. The van der Waals surface area contributed by atoms with Gasteiger partial charge in [0, 0.05) is 35.7 Å². The van der Waals surface area contributed by atoms with Crippen LogP contribution in [0.2, 0.25) is 0 Å². The molecular weight excluding hydrogens is 476 g/mol. The molecule has 1 saturated heterocycles. The number of carbonyl (C=O) groups is 2. The number of aliphatic carboxylic acids is 2. The number of benzene rings is 2. The lowest BCUT2D eigenvalue weighted by Crippen LogP contribution is -2.46. The Kier molecular flexibility index (Phi) is 8.67. The van der Waals surface area contributed by atoms with Gasteiger partial charge in [-0.15, -0.1) is 0 Å². The fourth-order valence-corrected chi connectivity index (χ4v) is 4.79. The van der Waals surface area contributed by atoms with Gasteiger partial charge in [-0.3, -0.25) is 9.80 Å². The van der Waals surface area contributed by atoms with E-state index >= 15 is 0 Å². The molecule has 2 N–H and O–H groups in total. The van der Waals surface area contributed by atoms with Crippen LogP contribution >= 0.6 is 15.9 Å². The molecule has 8 heteroatoms. The first kappa shape index (κ1) is 24.2. The van der Waals surface area contributed by atoms with Crippen molar-refractivity contribution in [2.45, 2.75) is 38.4 Å².